The Kier molecular flexibility index (Phi) is 10.8. The lowest BCUT2D eigenvalue weighted by atomic mass is 9.81. The summed E-state index contributed by atoms with van der Waals surface area (Å²) < 4.78 is 17.8. The fourth-order valence-corrected chi connectivity index (χ4v) is 5.50. The zero-order valence-corrected chi connectivity index (χ0v) is 24.7. The van der Waals surface area contributed by atoms with E-state index in [0.717, 1.165) is 29.8 Å². The van der Waals surface area contributed by atoms with E-state index in [1.165, 1.54) is 0 Å². The number of hydrogen-bond acceptors (Lipinski definition) is 8. The van der Waals surface area contributed by atoms with Crippen LogP contribution >= 0.6 is 0 Å². The highest BCUT2D eigenvalue weighted by Gasteiger charge is 2.53. The lowest BCUT2D eigenvalue weighted by Crippen LogP contribution is -2.52. The molecule has 2 atom stereocenters. The van der Waals surface area contributed by atoms with Gasteiger partial charge in [0.1, 0.15) is 5.75 Å². The summed E-state index contributed by atoms with van der Waals surface area (Å²) in [4.78, 5) is 24.8. The average molecular weight is 599 g/mol. The number of nitrogens with one attached hydrogen (secondary N) is 1. The fraction of sp³-hybridized carbons (Fsp3) is 0.394. The van der Waals surface area contributed by atoms with Gasteiger partial charge in [0.25, 0.3) is 5.91 Å². The highest BCUT2D eigenvalue weighted by Crippen LogP contribution is 2.43. The summed E-state index contributed by atoms with van der Waals surface area (Å²) in [7, 11) is 0. The van der Waals surface area contributed by atoms with Crippen molar-refractivity contribution in [2.45, 2.75) is 31.0 Å². The van der Waals surface area contributed by atoms with Gasteiger partial charge in [-0.3, -0.25) is 9.69 Å². The normalized spacial score (nSPS) is 19.8. The van der Waals surface area contributed by atoms with Crippen molar-refractivity contribution in [2.75, 3.05) is 52.6 Å². The molecule has 11 heteroatoms. The zero-order valence-electron chi connectivity index (χ0n) is 24.7. The van der Waals surface area contributed by atoms with Gasteiger partial charge in [0.05, 0.1) is 26.4 Å². The molecular weight excluding hydrogens is 560 g/mol. The average Bonchev–Trinajstić information content (AvgIpc) is 3.46. The Morgan fingerprint density at radius 3 is 2.52 bits per heavy atom. The van der Waals surface area contributed by atoms with Gasteiger partial charge in [0, 0.05) is 56.1 Å². The molecule has 2 heterocycles. The fourth-order valence-electron chi connectivity index (χ4n) is 5.50. The van der Waals surface area contributed by atoms with E-state index in [4.69, 9.17) is 29.8 Å². The van der Waals surface area contributed by atoms with E-state index in [2.05, 4.69) is 20.2 Å². The van der Waals surface area contributed by atoms with Crippen molar-refractivity contribution in [3.05, 3.63) is 112 Å². The third kappa shape index (κ3) is 7.56. The Labute approximate surface area is 257 Å². The first-order valence-corrected chi connectivity index (χ1v) is 14.9. The van der Waals surface area contributed by atoms with E-state index in [1.807, 2.05) is 78.9 Å². The Morgan fingerprint density at radius 2 is 1.80 bits per heavy atom. The number of carbonyl (C=O) groups excluding carboxylic acids is 1. The molecule has 0 aromatic heterocycles. The molecule has 1 saturated heterocycles. The number of rotatable bonds is 14. The van der Waals surface area contributed by atoms with Gasteiger partial charge >= 0.3 is 0 Å². The van der Waals surface area contributed by atoms with Gasteiger partial charge in [-0.15, -0.1) is 0 Å². The monoisotopic (exact) mass is 598 g/mol. The number of azide groups is 1. The maximum atomic E-state index is 14.4. The van der Waals surface area contributed by atoms with Crippen LogP contribution in [0.4, 0.5) is 0 Å². The molecule has 2 aliphatic rings. The van der Waals surface area contributed by atoms with Crippen molar-refractivity contribution in [3.63, 3.8) is 0 Å². The highest BCUT2D eigenvalue weighted by molar-refractivity contribution is 6.01. The van der Waals surface area contributed by atoms with Gasteiger partial charge in [0.2, 0.25) is 5.90 Å². The van der Waals surface area contributed by atoms with E-state index >= 15 is 0 Å². The third-order valence-corrected chi connectivity index (χ3v) is 7.83. The van der Waals surface area contributed by atoms with E-state index in [9.17, 15) is 4.79 Å². The molecule has 0 unspecified atom stereocenters. The van der Waals surface area contributed by atoms with Crippen LogP contribution in [-0.2, 0) is 27.2 Å². The molecule has 0 spiro atoms. The van der Waals surface area contributed by atoms with Gasteiger partial charge < -0.3 is 24.6 Å². The summed E-state index contributed by atoms with van der Waals surface area (Å²) in [5.41, 5.74) is 10.9. The van der Waals surface area contributed by atoms with E-state index in [1.54, 1.807) is 0 Å². The summed E-state index contributed by atoms with van der Waals surface area (Å²) in [6.45, 7) is 4.80. The van der Waals surface area contributed by atoms with Crippen molar-refractivity contribution in [1.82, 2.24) is 10.2 Å². The maximum absolute atomic E-state index is 14.4. The molecule has 3 aromatic carbocycles. The lowest BCUT2D eigenvalue weighted by Gasteiger charge is -2.32. The van der Waals surface area contributed by atoms with Crippen LogP contribution in [0.25, 0.3) is 10.4 Å². The topological polar surface area (TPSA) is 141 Å². The Bertz CT molecular complexity index is 1460. The summed E-state index contributed by atoms with van der Waals surface area (Å²) in [6.07, 6.45) is 0.0645. The predicted octanol–water partition coefficient (Wildman–Crippen LogP) is 4.21. The van der Waals surface area contributed by atoms with Crippen molar-refractivity contribution in [3.8, 4) is 5.75 Å². The quantitative estimate of drug-likeness (QED) is 0.123. The number of aliphatic imine (C=N–C) groups is 1. The number of aliphatic hydroxyl groups is 1. The number of ether oxygens (including phenoxy) is 3. The third-order valence-electron chi connectivity index (χ3n) is 7.83. The number of carbonyl (C=O) groups is 1. The first-order valence-electron chi connectivity index (χ1n) is 14.9. The molecule has 1 amide bonds. The zero-order chi connectivity index (χ0) is 30.6. The Morgan fingerprint density at radius 1 is 1.07 bits per heavy atom. The summed E-state index contributed by atoms with van der Waals surface area (Å²) >= 11 is 0. The van der Waals surface area contributed by atoms with Crippen LogP contribution in [0.15, 0.2) is 89.0 Å². The molecular formula is C33H38N6O5. The number of nitrogens with zero attached hydrogens (tertiary/aromatic N) is 5. The molecule has 44 heavy (non-hydrogen) atoms. The second kappa shape index (κ2) is 15.4. The summed E-state index contributed by atoms with van der Waals surface area (Å²) in [5, 5.41) is 16.0. The van der Waals surface area contributed by atoms with Crippen LogP contribution < -0.4 is 10.1 Å². The van der Waals surface area contributed by atoms with Gasteiger partial charge in [-0.2, -0.15) is 0 Å². The lowest BCUT2D eigenvalue weighted by molar-refractivity contribution is -0.129. The number of benzene rings is 3. The van der Waals surface area contributed by atoms with E-state index in [0.29, 0.717) is 56.5 Å². The molecule has 3 aromatic rings. The second-order valence-electron chi connectivity index (χ2n) is 10.7. The van der Waals surface area contributed by atoms with E-state index in [-0.39, 0.29) is 25.5 Å². The smallest absolute Gasteiger partial charge is 0.252 e. The number of hydrogen-bond donors (Lipinski definition) is 2. The van der Waals surface area contributed by atoms with Gasteiger partial charge in [-0.25, -0.2) is 4.99 Å². The van der Waals surface area contributed by atoms with Gasteiger partial charge in [0.15, 0.2) is 11.6 Å². The number of morpholine rings is 1. The van der Waals surface area contributed by atoms with Crippen LogP contribution in [0, 0.1) is 0 Å². The summed E-state index contributed by atoms with van der Waals surface area (Å²) in [5.74, 6) is 0.785. The van der Waals surface area contributed by atoms with Crippen molar-refractivity contribution in [2.24, 2.45) is 10.1 Å². The van der Waals surface area contributed by atoms with Crippen LogP contribution in [0.5, 0.6) is 5.75 Å². The Hall–Kier alpha value is -4.41. The molecule has 1 fully saturated rings. The molecule has 0 aliphatic carbocycles. The highest BCUT2D eigenvalue weighted by atomic mass is 16.5. The van der Waals surface area contributed by atoms with Crippen LogP contribution in [0.1, 0.15) is 34.8 Å². The van der Waals surface area contributed by atoms with Crippen LogP contribution in [0.3, 0.4) is 0 Å². The standard InChI is InChI=1S/C33H38N6O5/c34-38-36-24-28-10-5-4-9-27(28)23-33(32(41)35-15-16-39-17-21-42-22-18-39)30(25-7-2-1-3-8-25)44-31(37-33)26-11-13-29(14-12-26)43-20-6-19-40/h1-5,7-14,30,40H,6,15-24H2,(H,35,41)/t30-,33-/m1/s1. The largest absolute Gasteiger partial charge is 0.494 e. The molecule has 0 bridgehead atoms. The molecule has 2 aliphatic heterocycles. The maximum Gasteiger partial charge on any atom is 0.252 e. The first-order chi connectivity index (χ1) is 21.6. The number of aliphatic hydroxyl groups excluding tert-OH is 1. The molecule has 2 N–H and O–H groups in total. The predicted molar refractivity (Wildman–Crippen MR) is 166 cm³/mol. The molecule has 230 valence electrons. The molecule has 11 nitrogen and oxygen atoms in total. The first kappa shape index (κ1) is 31.0. The molecule has 5 rings (SSSR count). The summed E-state index contributed by atoms with van der Waals surface area (Å²) in [6, 6.07) is 24.7. The van der Waals surface area contributed by atoms with E-state index < -0.39 is 11.6 Å². The van der Waals surface area contributed by atoms with Gasteiger partial charge in [-0.1, -0.05) is 59.7 Å². The Balaban J connectivity index is 1.51. The van der Waals surface area contributed by atoms with Crippen molar-refractivity contribution in [1.29, 1.82) is 0 Å². The molecule has 0 radical (unpaired) electrons. The van der Waals surface area contributed by atoms with Crippen LogP contribution in [-0.4, -0.2) is 80.0 Å². The minimum absolute atomic E-state index is 0.0617. The van der Waals surface area contributed by atoms with Gasteiger partial charge in [-0.05, 0) is 46.5 Å². The molecule has 0 saturated carbocycles. The van der Waals surface area contributed by atoms with Crippen LogP contribution in [0.2, 0.25) is 0 Å². The minimum Gasteiger partial charge on any atom is -0.494 e. The SMILES string of the molecule is [N-]=[N+]=NCc1ccccc1C[C@@]1(C(=O)NCCN2CCOCC2)N=C(c2ccc(OCCCO)cc2)O[C@@H]1c1ccccc1. The number of amides is 1. The van der Waals surface area contributed by atoms with Crippen molar-refractivity contribution < 1.29 is 24.1 Å². The van der Waals surface area contributed by atoms with Crippen molar-refractivity contribution >= 4 is 11.8 Å². The second-order valence-corrected chi connectivity index (χ2v) is 10.7. The minimum atomic E-state index is -1.34.